The number of aromatic hydroxyl groups is 1. The second-order valence-electron chi connectivity index (χ2n) is 4.14. The van der Waals surface area contributed by atoms with Crippen LogP contribution in [0.4, 0.5) is 5.69 Å². The molecule has 0 atom stereocenters. The molecular formula is C13H21N3O2. The van der Waals surface area contributed by atoms with E-state index in [9.17, 15) is 9.90 Å². The fourth-order valence-corrected chi connectivity index (χ4v) is 1.71. The van der Waals surface area contributed by atoms with Gasteiger partial charge in [-0.05, 0) is 31.7 Å². The Morgan fingerprint density at radius 2 is 2.17 bits per heavy atom. The minimum absolute atomic E-state index is 0.0113. The molecule has 0 saturated carbocycles. The third-order valence-electron chi connectivity index (χ3n) is 2.69. The number of amides is 1. The van der Waals surface area contributed by atoms with Gasteiger partial charge in [0, 0.05) is 24.3 Å². The standard InChI is InChI=1S/C13H21N3O2/c1-3-15-13(18)9-16(4-2)8-10-7-11(14)5-6-12(10)17/h5-7,17H,3-4,8-9,14H2,1-2H3,(H,15,18). The number of carbonyl (C=O) groups excluding carboxylic acids is 1. The number of anilines is 1. The quantitative estimate of drug-likeness (QED) is 0.519. The summed E-state index contributed by atoms with van der Waals surface area (Å²) in [6.45, 7) is 6.04. The Bertz CT molecular complexity index is 407. The van der Waals surface area contributed by atoms with Crippen molar-refractivity contribution in [2.75, 3.05) is 25.4 Å². The summed E-state index contributed by atoms with van der Waals surface area (Å²) in [4.78, 5) is 13.5. The zero-order valence-corrected chi connectivity index (χ0v) is 10.9. The van der Waals surface area contributed by atoms with Crippen molar-refractivity contribution in [1.29, 1.82) is 0 Å². The number of rotatable bonds is 6. The maximum absolute atomic E-state index is 11.5. The van der Waals surface area contributed by atoms with Gasteiger partial charge < -0.3 is 16.2 Å². The van der Waals surface area contributed by atoms with Crippen molar-refractivity contribution in [1.82, 2.24) is 10.2 Å². The van der Waals surface area contributed by atoms with Crippen LogP contribution in [0, 0.1) is 0 Å². The van der Waals surface area contributed by atoms with Gasteiger partial charge in [0.25, 0.3) is 0 Å². The second kappa shape index (κ2) is 6.86. The van der Waals surface area contributed by atoms with Crippen LogP contribution in [0.25, 0.3) is 0 Å². The highest BCUT2D eigenvalue weighted by molar-refractivity contribution is 5.77. The largest absolute Gasteiger partial charge is 0.508 e. The van der Waals surface area contributed by atoms with Crippen molar-refractivity contribution < 1.29 is 9.90 Å². The molecule has 18 heavy (non-hydrogen) atoms. The molecule has 0 aliphatic heterocycles. The number of nitrogen functional groups attached to an aromatic ring is 1. The van der Waals surface area contributed by atoms with Gasteiger partial charge in [-0.15, -0.1) is 0 Å². The highest BCUT2D eigenvalue weighted by Crippen LogP contribution is 2.21. The molecule has 0 heterocycles. The Morgan fingerprint density at radius 3 is 2.78 bits per heavy atom. The van der Waals surface area contributed by atoms with Gasteiger partial charge in [-0.1, -0.05) is 6.92 Å². The zero-order chi connectivity index (χ0) is 13.5. The van der Waals surface area contributed by atoms with Crippen molar-refractivity contribution in [3.8, 4) is 5.75 Å². The molecule has 0 saturated heterocycles. The summed E-state index contributed by atoms with van der Waals surface area (Å²) in [5.41, 5.74) is 7.03. The molecule has 4 N–H and O–H groups in total. The van der Waals surface area contributed by atoms with Gasteiger partial charge in [0.15, 0.2) is 0 Å². The molecule has 0 aromatic heterocycles. The summed E-state index contributed by atoms with van der Waals surface area (Å²) in [5, 5.41) is 12.5. The molecule has 0 fully saturated rings. The molecule has 5 nitrogen and oxygen atoms in total. The van der Waals surface area contributed by atoms with Gasteiger partial charge in [0.1, 0.15) is 5.75 Å². The van der Waals surface area contributed by atoms with E-state index in [2.05, 4.69) is 5.32 Å². The SMILES string of the molecule is CCNC(=O)CN(CC)Cc1cc(N)ccc1O. The van der Waals surface area contributed by atoms with Crippen LogP contribution in [0.2, 0.25) is 0 Å². The fourth-order valence-electron chi connectivity index (χ4n) is 1.71. The summed E-state index contributed by atoms with van der Waals surface area (Å²) in [6, 6.07) is 4.96. The molecule has 0 bridgehead atoms. The number of phenolic OH excluding ortho intramolecular Hbond substituents is 1. The normalized spacial score (nSPS) is 10.6. The molecule has 5 heteroatoms. The highest BCUT2D eigenvalue weighted by atomic mass is 16.3. The highest BCUT2D eigenvalue weighted by Gasteiger charge is 2.11. The van der Waals surface area contributed by atoms with Crippen molar-refractivity contribution >= 4 is 11.6 Å². The van der Waals surface area contributed by atoms with Crippen molar-refractivity contribution in [2.24, 2.45) is 0 Å². The first-order valence-corrected chi connectivity index (χ1v) is 6.13. The van der Waals surface area contributed by atoms with Crippen LogP contribution in [0.5, 0.6) is 5.75 Å². The zero-order valence-electron chi connectivity index (χ0n) is 10.9. The number of hydrogen-bond acceptors (Lipinski definition) is 4. The molecule has 1 rings (SSSR count). The molecule has 0 spiro atoms. The number of nitrogens with zero attached hydrogens (tertiary/aromatic N) is 1. The first kappa shape index (κ1) is 14.3. The lowest BCUT2D eigenvalue weighted by Gasteiger charge is -2.20. The van der Waals surface area contributed by atoms with Crippen LogP contribution < -0.4 is 11.1 Å². The molecule has 0 aliphatic carbocycles. The Balaban J connectivity index is 2.67. The average molecular weight is 251 g/mol. The van der Waals surface area contributed by atoms with E-state index in [-0.39, 0.29) is 11.7 Å². The first-order valence-electron chi connectivity index (χ1n) is 6.13. The van der Waals surface area contributed by atoms with Crippen molar-refractivity contribution in [2.45, 2.75) is 20.4 Å². The Hall–Kier alpha value is -1.75. The van der Waals surface area contributed by atoms with E-state index in [0.717, 1.165) is 12.1 Å². The molecule has 1 aromatic rings. The summed E-state index contributed by atoms with van der Waals surface area (Å²) in [6.07, 6.45) is 0. The van der Waals surface area contributed by atoms with Gasteiger partial charge in [0.2, 0.25) is 5.91 Å². The van der Waals surface area contributed by atoms with Crippen LogP contribution in [-0.2, 0) is 11.3 Å². The van der Waals surface area contributed by atoms with Crippen LogP contribution in [-0.4, -0.2) is 35.5 Å². The number of phenols is 1. The van der Waals surface area contributed by atoms with E-state index in [0.29, 0.717) is 25.3 Å². The molecule has 1 aromatic carbocycles. The Kier molecular flexibility index (Phi) is 5.45. The molecule has 0 unspecified atom stereocenters. The average Bonchev–Trinajstić information content (AvgIpc) is 2.33. The third-order valence-corrected chi connectivity index (χ3v) is 2.69. The minimum atomic E-state index is -0.0113. The Morgan fingerprint density at radius 1 is 1.44 bits per heavy atom. The predicted octanol–water partition coefficient (Wildman–Crippen LogP) is 0.932. The molecule has 1 amide bonds. The topological polar surface area (TPSA) is 78.6 Å². The third kappa shape index (κ3) is 4.25. The smallest absolute Gasteiger partial charge is 0.234 e. The lowest BCUT2D eigenvalue weighted by Crippen LogP contribution is -2.36. The van der Waals surface area contributed by atoms with Crippen molar-refractivity contribution in [3.05, 3.63) is 23.8 Å². The van der Waals surface area contributed by atoms with Gasteiger partial charge in [-0.2, -0.15) is 0 Å². The van der Waals surface area contributed by atoms with E-state index in [1.54, 1.807) is 18.2 Å². The maximum atomic E-state index is 11.5. The van der Waals surface area contributed by atoms with E-state index in [4.69, 9.17) is 5.73 Å². The van der Waals surface area contributed by atoms with Crippen LogP contribution >= 0.6 is 0 Å². The number of likely N-dealkylation sites (N-methyl/N-ethyl adjacent to an activating group) is 2. The van der Waals surface area contributed by atoms with E-state index in [1.807, 2.05) is 18.7 Å². The van der Waals surface area contributed by atoms with E-state index < -0.39 is 0 Å². The number of benzene rings is 1. The van der Waals surface area contributed by atoms with E-state index >= 15 is 0 Å². The summed E-state index contributed by atoms with van der Waals surface area (Å²) in [5.74, 6) is 0.196. The lowest BCUT2D eigenvalue weighted by molar-refractivity contribution is -0.122. The summed E-state index contributed by atoms with van der Waals surface area (Å²) in [7, 11) is 0. The number of nitrogens with one attached hydrogen (secondary N) is 1. The number of hydrogen-bond donors (Lipinski definition) is 3. The molecule has 100 valence electrons. The minimum Gasteiger partial charge on any atom is -0.508 e. The number of carbonyl (C=O) groups is 1. The second-order valence-corrected chi connectivity index (χ2v) is 4.14. The number of nitrogens with two attached hydrogens (primary N) is 1. The molecule has 0 aliphatic rings. The van der Waals surface area contributed by atoms with Crippen molar-refractivity contribution in [3.63, 3.8) is 0 Å². The van der Waals surface area contributed by atoms with E-state index in [1.165, 1.54) is 0 Å². The van der Waals surface area contributed by atoms with Gasteiger partial charge in [-0.3, -0.25) is 9.69 Å². The van der Waals surface area contributed by atoms with Crippen LogP contribution in [0.3, 0.4) is 0 Å². The maximum Gasteiger partial charge on any atom is 0.234 e. The first-order chi connectivity index (χ1) is 8.56. The van der Waals surface area contributed by atoms with Gasteiger partial charge in [0.05, 0.1) is 6.54 Å². The molecule has 0 radical (unpaired) electrons. The summed E-state index contributed by atoms with van der Waals surface area (Å²) < 4.78 is 0. The lowest BCUT2D eigenvalue weighted by atomic mass is 10.1. The predicted molar refractivity (Wildman–Crippen MR) is 72.2 cm³/mol. The van der Waals surface area contributed by atoms with Gasteiger partial charge in [-0.25, -0.2) is 0 Å². The Labute approximate surface area is 108 Å². The monoisotopic (exact) mass is 251 g/mol. The fraction of sp³-hybridized carbons (Fsp3) is 0.462. The summed E-state index contributed by atoms with van der Waals surface area (Å²) >= 11 is 0. The van der Waals surface area contributed by atoms with Crippen LogP contribution in [0.1, 0.15) is 19.4 Å². The van der Waals surface area contributed by atoms with Gasteiger partial charge >= 0.3 is 0 Å². The molecular weight excluding hydrogens is 230 g/mol. The van der Waals surface area contributed by atoms with Crippen LogP contribution in [0.15, 0.2) is 18.2 Å².